The third kappa shape index (κ3) is 3.19. The molecule has 0 N–H and O–H groups in total. The van der Waals surface area contributed by atoms with Crippen LogP contribution in [0, 0.1) is 11.3 Å². The normalized spacial score (nSPS) is 18.5. The summed E-state index contributed by atoms with van der Waals surface area (Å²) in [6.45, 7) is 5.60. The highest BCUT2D eigenvalue weighted by Crippen LogP contribution is 2.22. The Labute approximate surface area is 105 Å². The lowest BCUT2D eigenvalue weighted by Crippen LogP contribution is -2.45. The lowest BCUT2D eigenvalue weighted by molar-refractivity contribution is 0.139. The summed E-state index contributed by atoms with van der Waals surface area (Å²) >= 11 is 7.55. The first kappa shape index (κ1) is 11.9. The van der Waals surface area contributed by atoms with Crippen molar-refractivity contribution in [3.8, 4) is 6.07 Å². The van der Waals surface area contributed by atoms with Crippen LogP contribution in [0.5, 0.6) is 0 Å². The fraction of sp³-hybridized carbons (Fsp3) is 0.545. The molecule has 0 aromatic carbocycles. The molecule has 0 atom stereocenters. The quantitative estimate of drug-likeness (QED) is 0.775. The van der Waals surface area contributed by atoms with Crippen LogP contribution >= 0.6 is 22.9 Å². The van der Waals surface area contributed by atoms with Crippen LogP contribution in [-0.4, -0.2) is 42.5 Å². The highest BCUT2D eigenvalue weighted by molar-refractivity contribution is 7.16. The Morgan fingerprint density at radius 1 is 1.25 bits per heavy atom. The van der Waals surface area contributed by atoms with Crippen molar-refractivity contribution in [2.75, 3.05) is 32.7 Å². The molecular weight excluding hydrogens is 242 g/mol. The summed E-state index contributed by atoms with van der Waals surface area (Å²) in [5.74, 6) is 0. The zero-order chi connectivity index (χ0) is 11.4. The number of thiophene rings is 1. The average molecular weight is 256 g/mol. The van der Waals surface area contributed by atoms with Crippen molar-refractivity contribution in [2.24, 2.45) is 0 Å². The van der Waals surface area contributed by atoms with Crippen LogP contribution in [-0.2, 0) is 6.54 Å². The Morgan fingerprint density at radius 2 is 1.94 bits per heavy atom. The van der Waals surface area contributed by atoms with Gasteiger partial charge in [0.1, 0.15) is 0 Å². The van der Waals surface area contributed by atoms with Crippen LogP contribution in [0.2, 0.25) is 4.34 Å². The predicted molar refractivity (Wildman–Crippen MR) is 66.7 cm³/mol. The number of halogens is 1. The van der Waals surface area contributed by atoms with E-state index >= 15 is 0 Å². The summed E-state index contributed by atoms with van der Waals surface area (Å²) in [5, 5.41) is 8.60. The van der Waals surface area contributed by atoms with Crippen molar-refractivity contribution >= 4 is 22.9 Å². The highest BCUT2D eigenvalue weighted by atomic mass is 35.5. The molecule has 0 aliphatic carbocycles. The van der Waals surface area contributed by atoms with Gasteiger partial charge in [0, 0.05) is 37.6 Å². The first-order valence-corrected chi connectivity index (χ1v) is 6.53. The van der Waals surface area contributed by atoms with Crippen molar-refractivity contribution < 1.29 is 0 Å². The fourth-order valence-electron chi connectivity index (χ4n) is 1.86. The van der Waals surface area contributed by atoms with E-state index in [1.165, 1.54) is 4.88 Å². The minimum absolute atomic E-state index is 0.554. The lowest BCUT2D eigenvalue weighted by atomic mass is 10.3. The Morgan fingerprint density at radius 3 is 2.50 bits per heavy atom. The lowest BCUT2D eigenvalue weighted by Gasteiger charge is -2.32. The molecule has 1 aliphatic heterocycles. The molecule has 0 bridgehead atoms. The molecular formula is C11H14ClN3S. The van der Waals surface area contributed by atoms with Gasteiger partial charge in [0.15, 0.2) is 0 Å². The second-order valence-electron chi connectivity index (χ2n) is 3.92. The number of piperazine rings is 1. The second-order valence-corrected chi connectivity index (χ2v) is 5.72. The zero-order valence-corrected chi connectivity index (χ0v) is 10.6. The summed E-state index contributed by atoms with van der Waals surface area (Å²) in [4.78, 5) is 5.92. The van der Waals surface area contributed by atoms with Crippen molar-refractivity contribution in [1.82, 2.24) is 9.80 Å². The monoisotopic (exact) mass is 255 g/mol. The molecule has 3 nitrogen and oxygen atoms in total. The number of hydrogen-bond acceptors (Lipinski definition) is 4. The van der Waals surface area contributed by atoms with Crippen LogP contribution in [0.15, 0.2) is 12.1 Å². The van der Waals surface area contributed by atoms with Gasteiger partial charge in [-0.1, -0.05) is 11.6 Å². The first-order valence-electron chi connectivity index (χ1n) is 5.34. The average Bonchev–Trinajstić information content (AvgIpc) is 2.67. The van der Waals surface area contributed by atoms with Gasteiger partial charge < -0.3 is 0 Å². The molecule has 1 aromatic rings. The Kier molecular flexibility index (Phi) is 4.19. The van der Waals surface area contributed by atoms with E-state index in [0.29, 0.717) is 6.54 Å². The van der Waals surface area contributed by atoms with Gasteiger partial charge in [-0.15, -0.1) is 11.3 Å². The van der Waals surface area contributed by atoms with Crippen molar-refractivity contribution in [3.63, 3.8) is 0 Å². The third-order valence-corrected chi connectivity index (χ3v) is 3.98. The van der Waals surface area contributed by atoms with Gasteiger partial charge in [-0.25, -0.2) is 0 Å². The third-order valence-electron chi connectivity index (χ3n) is 2.77. The molecule has 1 fully saturated rings. The van der Waals surface area contributed by atoms with E-state index in [9.17, 15) is 0 Å². The van der Waals surface area contributed by atoms with Crippen LogP contribution < -0.4 is 0 Å². The molecule has 1 aromatic heterocycles. The van der Waals surface area contributed by atoms with Crippen molar-refractivity contribution in [3.05, 3.63) is 21.3 Å². The molecule has 0 radical (unpaired) electrons. The smallest absolute Gasteiger partial charge is 0.0931 e. The molecule has 5 heteroatoms. The molecule has 86 valence electrons. The fourth-order valence-corrected chi connectivity index (χ4v) is 2.99. The summed E-state index contributed by atoms with van der Waals surface area (Å²) in [6, 6.07) is 6.24. The van der Waals surface area contributed by atoms with Crippen molar-refractivity contribution in [1.29, 1.82) is 5.26 Å². The highest BCUT2D eigenvalue weighted by Gasteiger charge is 2.16. The number of rotatable bonds is 3. The van der Waals surface area contributed by atoms with E-state index in [0.717, 1.165) is 37.1 Å². The van der Waals surface area contributed by atoms with Crippen LogP contribution in [0.25, 0.3) is 0 Å². The van der Waals surface area contributed by atoms with Gasteiger partial charge >= 0.3 is 0 Å². The van der Waals surface area contributed by atoms with Crippen LogP contribution in [0.1, 0.15) is 4.88 Å². The summed E-state index contributed by atoms with van der Waals surface area (Å²) in [6.07, 6.45) is 0. The van der Waals surface area contributed by atoms with Crippen LogP contribution in [0.4, 0.5) is 0 Å². The predicted octanol–water partition coefficient (Wildman–Crippen LogP) is 2.04. The van der Waals surface area contributed by atoms with E-state index in [1.54, 1.807) is 11.3 Å². The Bertz CT molecular complexity index is 377. The topological polar surface area (TPSA) is 30.3 Å². The summed E-state index contributed by atoms with van der Waals surface area (Å²) < 4.78 is 0.859. The SMILES string of the molecule is N#CCN1CCN(Cc2ccc(Cl)s2)CC1. The largest absolute Gasteiger partial charge is 0.296 e. The van der Waals surface area contributed by atoms with Crippen LogP contribution in [0.3, 0.4) is 0 Å². The number of nitriles is 1. The van der Waals surface area contributed by atoms with Gasteiger partial charge in [-0.2, -0.15) is 5.26 Å². The van der Waals surface area contributed by atoms with E-state index in [1.807, 2.05) is 6.07 Å². The maximum absolute atomic E-state index is 8.60. The molecule has 1 saturated heterocycles. The van der Waals surface area contributed by atoms with Gasteiger partial charge in [0.2, 0.25) is 0 Å². The Balaban J connectivity index is 1.79. The maximum Gasteiger partial charge on any atom is 0.0931 e. The van der Waals surface area contributed by atoms with E-state index in [2.05, 4.69) is 21.9 Å². The molecule has 2 heterocycles. The summed E-state index contributed by atoms with van der Waals surface area (Å²) in [7, 11) is 0. The van der Waals surface area contributed by atoms with Gasteiger partial charge in [-0.05, 0) is 12.1 Å². The molecule has 0 amide bonds. The molecule has 16 heavy (non-hydrogen) atoms. The van der Waals surface area contributed by atoms with E-state index in [-0.39, 0.29) is 0 Å². The minimum Gasteiger partial charge on any atom is -0.296 e. The summed E-state index contributed by atoms with van der Waals surface area (Å²) in [5.41, 5.74) is 0. The Hall–Kier alpha value is -0.600. The molecule has 2 rings (SSSR count). The zero-order valence-electron chi connectivity index (χ0n) is 9.03. The van der Waals surface area contributed by atoms with Gasteiger partial charge in [0.25, 0.3) is 0 Å². The van der Waals surface area contributed by atoms with Crippen molar-refractivity contribution in [2.45, 2.75) is 6.54 Å². The second kappa shape index (κ2) is 5.65. The first-order chi connectivity index (χ1) is 7.78. The number of nitrogens with zero attached hydrogens (tertiary/aromatic N) is 3. The van der Waals surface area contributed by atoms with Gasteiger partial charge in [0.05, 0.1) is 17.0 Å². The van der Waals surface area contributed by atoms with E-state index in [4.69, 9.17) is 16.9 Å². The minimum atomic E-state index is 0.554. The standard InChI is InChI=1S/C11H14ClN3S/c12-11-2-1-10(16-11)9-15-7-5-14(4-3-13)6-8-15/h1-2H,4-9H2. The molecule has 0 unspecified atom stereocenters. The van der Waals surface area contributed by atoms with Gasteiger partial charge in [-0.3, -0.25) is 9.80 Å². The number of hydrogen-bond donors (Lipinski definition) is 0. The molecule has 0 spiro atoms. The molecule has 0 saturated carbocycles. The van der Waals surface area contributed by atoms with E-state index < -0.39 is 0 Å². The maximum atomic E-state index is 8.60. The molecule has 1 aliphatic rings.